The molecule has 2 aromatic heterocycles. The number of aromatic nitrogens is 3. The molecule has 0 unspecified atom stereocenters. The number of urea groups is 1. The lowest BCUT2D eigenvalue weighted by molar-refractivity contribution is -0.137. The first-order valence-corrected chi connectivity index (χ1v) is 9.01. The van der Waals surface area contributed by atoms with Gasteiger partial charge in [0.15, 0.2) is 5.16 Å². The number of nitrogens with zero attached hydrogens (tertiary/aromatic N) is 4. The Labute approximate surface area is 161 Å². The van der Waals surface area contributed by atoms with Gasteiger partial charge in [0.05, 0.1) is 30.0 Å². The molecule has 27 heavy (non-hydrogen) atoms. The predicted molar refractivity (Wildman–Crippen MR) is 93.0 cm³/mol. The van der Waals surface area contributed by atoms with E-state index in [1.165, 1.54) is 6.20 Å². The van der Waals surface area contributed by atoms with Gasteiger partial charge in [-0.2, -0.15) is 13.2 Å². The minimum Gasteiger partial charge on any atom is -0.378 e. The number of anilines is 1. The number of carbonyl (C=O) groups excluding carboxylic acids is 1. The quantitative estimate of drug-likeness (QED) is 0.821. The van der Waals surface area contributed by atoms with Gasteiger partial charge in [-0.15, -0.1) is 0 Å². The van der Waals surface area contributed by atoms with Crippen molar-refractivity contribution in [3.63, 3.8) is 0 Å². The molecule has 0 aromatic carbocycles. The van der Waals surface area contributed by atoms with E-state index in [1.807, 2.05) is 0 Å². The summed E-state index contributed by atoms with van der Waals surface area (Å²) in [4.78, 5) is 21.8. The highest BCUT2D eigenvalue weighted by atomic mass is 35.5. The first-order chi connectivity index (χ1) is 12.8. The standard InChI is InChI=1S/C15H15ClF3N5O2S/c1-23-11(22-13(25)24-2-4-26-5-3-24)8-21-14(23)27-12-10(16)6-9(7-20-12)15(17,18)19/h6-8H,2-5H2,1H3,(H,22,25). The van der Waals surface area contributed by atoms with Crippen LogP contribution in [0.3, 0.4) is 0 Å². The summed E-state index contributed by atoms with van der Waals surface area (Å²) >= 11 is 6.92. The number of pyridine rings is 1. The average molecular weight is 422 g/mol. The fraction of sp³-hybridized carbons (Fsp3) is 0.400. The van der Waals surface area contributed by atoms with E-state index in [2.05, 4.69) is 15.3 Å². The first kappa shape index (κ1) is 19.8. The summed E-state index contributed by atoms with van der Waals surface area (Å²) in [6.07, 6.45) is -2.34. The summed E-state index contributed by atoms with van der Waals surface area (Å²) < 4.78 is 44.9. The molecule has 1 N–H and O–H groups in total. The fourth-order valence-electron chi connectivity index (χ4n) is 2.30. The highest BCUT2D eigenvalue weighted by Gasteiger charge is 2.31. The van der Waals surface area contributed by atoms with Gasteiger partial charge in [-0.3, -0.25) is 5.32 Å². The van der Waals surface area contributed by atoms with Crippen LogP contribution in [0.1, 0.15) is 5.56 Å². The zero-order chi connectivity index (χ0) is 19.6. The van der Waals surface area contributed by atoms with Crippen molar-refractivity contribution in [3.8, 4) is 0 Å². The minimum absolute atomic E-state index is 0.128. The molecule has 0 atom stereocenters. The van der Waals surface area contributed by atoms with Crippen molar-refractivity contribution in [2.24, 2.45) is 7.05 Å². The van der Waals surface area contributed by atoms with Crippen molar-refractivity contribution in [2.45, 2.75) is 16.4 Å². The van der Waals surface area contributed by atoms with Crippen LogP contribution in [0.5, 0.6) is 0 Å². The Morgan fingerprint density at radius 3 is 2.63 bits per heavy atom. The SMILES string of the molecule is Cn1c(NC(=O)N2CCOCC2)cnc1Sc1ncc(C(F)(F)F)cc1Cl. The first-order valence-electron chi connectivity index (χ1n) is 7.81. The van der Waals surface area contributed by atoms with Gasteiger partial charge in [0, 0.05) is 26.3 Å². The molecule has 0 bridgehead atoms. The number of ether oxygens (including phenoxy) is 1. The highest BCUT2D eigenvalue weighted by Crippen LogP contribution is 2.36. The molecule has 1 aliphatic heterocycles. The molecule has 1 fully saturated rings. The van der Waals surface area contributed by atoms with E-state index in [1.54, 1.807) is 16.5 Å². The molecule has 0 saturated carbocycles. The van der Waals surface area contributed by atoms with E-state index in [0.29, 0.717) is 37.3 Å². The predicted octanol–water partition coefficient (Wildman–Crippen LogP) is 3.50. The average Bonchev–Trinajstić information content (AvgIpc) is 2.96. The van der Waals surface area contributed by atoms with E-state index < -0.39 is 11.7 Å². The Hall–Kier alpha value is -1.98. The maximum atomic E-state index is 12.7. The Morgan fingerprint density at radius 1 is 1.30 bits per heavy atom. The van der Waals surface area contributed by atoms with Gasteiger partial charge in [-0.05, 0) is 17.8 Å². The molecule has 146 valence electrons. The Kier molecular flexibility index (Phi) is 5.82. The van der Waals surface area contributed by atoms with Crippen LogP contribution in [0.4, 0.5) is 23.8 Å². The normalized spacial score (nSPS) is 15.1. The van der Waals surface area contributed by atoms with Crippen LogP contribution >= 0.6 is 23.4 Å². The number of halogens is 4. The van der Waals surface area contributed by atoms with Crippen molar-refractivity contribution in [1.29, 1.82) is 0 Å². The van der Waals surface area contributed by atoms with Crippen LogP contribution in [0.25, 0.3) is 0 Å². The molecule has 2 aromatic rings. The van der Waals surface area contributed by atoms with E-state index >= 15 is 0 Å². The van der Waals surface area contributed by atoms with Crippen LogP contribution in [0, 0.1) is 0 Å². The Balaban J connectivity index is 1.71. The molecule has 0 aliphatic carbocycles. The third kappa shape index (κ3) is 4.66. The monoisotopic (exact) mass is 421 g/mol. The molecular weight excluding hydrogens is 407 g/mol. The second-order valence-electron chi connectivity index (χ2n) is 5.63. The zero-order valence-electron chi connectivity index (χ0n) is 14.1. The van der Waals surface area contributed by atoms with Crippen molar-refractivity contribution in [3.05, 3.63) is 29.0 Å². The van der Waals surface area contributed by atoms with Crippen molar-refractivity contribution in [2.75, 3.05) is 31.6 Å². The Morgan fingerprint density at radius 2 is 2.00 bits per heavy atom. The van der Waals surface area contributed by atoms with Crippen molar-refractivity contribution in [1.82, 2.24) is 19.4 Å². The van der Waals surface area contributed by atoms with Gasteiger partial charge in [0.2, 0.25) is 0 Å². The number of hydrogen-bond acceptors (Lipinski definition) is 5. The number of morpholine rings is 1. The van der Waals surface area contributed by atoms with Crippen LogP contribution in [0.2, 0.25) is 5.02 Å². The number of rotatable bonds is 3. The smallest absolute Gasteiger partial charge is 0.378 e. The molecule has 1 saturated heterocycles. The maximum absolute atomic E-state index is 12.7. The van der Waals surface area contributed by atoms with E-state index in [9.17, 15) is 18.0 Å². The number of alkyl halides is 3. The maximum Gasteiger partial charge on any atom is 0.417 e. The summed E-state index contributed by atoms with van der Waals surface area (Å²) in [7, 11) is 1.67. The molecule has 0 radical (unpaired) electrons. The van der Waals surface area contributed by atoms with Gasteiger partial charge in [-0.25, -0.2) is 14.8 Å². The summed E-state index contributed by atoms with van der Waals surface area (Å²) in [5, 5.41) is 3.22. The molecule has 3 rings (SSSR count). The van der Waals surface area contributed by atoms with Crippen LogP contribution in [0.15, 0.2) is 28.6 Å². The molecule has 2 amide bonds. The Bertz CT molecular complexity index is 839. The lowest BCUT2D eigenvalue weighted by Gasteiger charge is -2.26. The second-order valence-corrected chi connectivity index (χ2v) is 6.99. The van der Waals surface area contributed by atoms with Crippen LogP contribution < -0.4 is 5.32 Å². The van der Waals surface area contributed by atoms with Crippen LogP contribution in [-0.2, 0) is 18.0 Å². The van der Waals surface area contributed by atoms with Gasteiger partial charge >= 0.3 is 12.2 Å². The van der Waals surface area contributed by atoms with E-state index in [4.69, 9.17) is 16.3 Å². The second kappa shape index (κ2) is 7.95. The van der Waals surface area contributed by atoms with E-state index in [-0.39, 0.29) is 16.1 Å². The van der Waals surface area contributed by atoms with Crippen molar-refractivity contribution < 1.29 is 22.7 Å². The van der Waals surface area contributed by atoms with E-state index in [0.717, 1.165) is 24.0 Å². The van der Waals surface area contributed by atoms with Gasteiger partial charge in [0.25, 0.3) is 0 Å². The van der Waals surface area contributed by atoms with Gasteiger partial charge in [0.1, 0.15) is 10.8 Å². The number of imidazole rings is 1. The topological polar surface area (TPSA) is 72.3 Å². The molecule has 1 aliphatic rings. The lowest BCUT2D eigenvalue weighted by Crippen LogP contribution is -2.43. The number of carbonyl (C=O) groups is 1. The summed E-state index contributed by atoms with van der Waals surface area (Å²) in [6.45, 7) is 1.96. The number of hydrogen-bond donors (Lipinski definition) is 1. The van der Waals surface area contributed by atoms with Gasteiger partial charge < -0.3 is 14.2 Å². The molecule has 7 nitrogen and oxygen atoms in total. The largest absolute Gasteiger partial charge is 0.417 e. The molecular formula is C15H15ClF3N5O2S. The third-order valence-electron chi connectivity index (χ3n) is 3.80. The molecule has 3 heterocycles. The minimum atomic E-state index is -4.51. The van der Waals surface area contributed by atoms with Crippen LogP contribution in [-0.4, -0.2) is 51.8 Å². The zero-order valence-corrected chi connectivity index (χ0v) is 15.7. The fourth-order valence-corrected chi connectivity index (χ4v) is 3.36. The van der Waals surface area contributed by atoms with Gasteiger partial charge in [-0.1, -0.05) is 11.6 Å². The number of nitrogens with one attached hydrogen (secondary N) is 1. The highest BCUT2D eigenvalue weighted by molar-refractivity contribution is 7.99. The molecule has 12 heteroatoms. The molecule has 0 spiro atoms. The summed E-state index contributed by atoms with van der Waals surface area (Å²) in [5.41, 5.74) is -0.921. The summed E-state index contributed by atoms with van der Waals surface area (Å²) in [5.74, 6) is 0.442. The lowest BCUT2D eigenvalue weighted by atomic mass is 10.3. The third-order valence-corrected chi connectivity index (χ3v) is 5.28. The summed E-state index contributed by atoms with van der Waals surface area (Å²) in [6, 6.07) is 0.546. The number of amides is 2. The van der Waals surface area contributed by atoms with Crippen molar-refractivity contribution >= 4 is 35.2 Å².